The molecule has 1 aromatic rings. The van der Waals surface area contributed by atoms with Crippen molar-refractivity contribution in [3.05, 3.63) is 34.9 Å². The first-order valence-corrected chi connectivity index (χ1v) is 7.69. The van der Waals surface area contributed by atoms with E-state index in [2.05, 4.69) is 5.32 Å². The highest BCUT2D eigenvalue weighted by molar-refractivity contribution is 6.22. The number of hydrogen-bond acceptors (Lipinski definition) is 4. The minimum absolute atomic E-state index is 0.0812. The second-order valence-electron chi connectivity index (χ2n) is 5.84. The maximum absolute atomic E-state index is 12.3. The van der Waals surface area contributed by atoms with E-state index in [1.54, 1.807) is 19.2 Å². The molecule has 0 spiro atoms. The van der Waals surface area contributed by atoms with Crippen molar-refractivity contribution in [2.24, 2.45) is 0 Å². The molecule has 10 heteroatoms. The van der Waals surface area contributed by atoms with Gasteiger partial charge >= 0.3 is 12.1 Å². The zero-order valence-corrected chi connectivity index (χ0v) is 13.9. The molecule has 1 aliphatic heterocycles. The molecule has 0 aromatic heterocycles. The maximum Gasteiger partial charge on any atom is 0.471 e. The van der Waals surface area contributed by atoms with Gasteiger partial charge in [-0.15, -0.1) is 0 Å². The molecule has 1 heterocycles. The Morgan fingerprint density at radius 1 is 1.04 bits per heavy atom. The fraction of sp³-hybridized carbons (Fsp3) is 0.375. The predicted octanol–water partition coefficient (Wildman–Crippen LogP) is 1.10. The molecule has 0 radical (unpaired) electrons. The summed E-state index contributed by atoms with van der Waals surface area (Å²) in [7, 11) is 0. The summed E-state index contributed by atoms with van der Waals surface area (Å²) in [6.45, 7) is 2.73. The topological polar surface area (TPSA) is 95.6 Å². The Labute approximate surface area is 146 Å². The van der Waals surface area contributed by atoms with Gasteiger partial charge in [0.2, 0.25) is 0 Å². The lowest BCUT2D eigenvalue weighted by atomic mass is 10.1. The number of rotatable bonds is 5. The lowest BCUT2D eigenvalue weighted by Crippen LogP contribution is -2.41. The van der Waals surface area contributed by atoms with Crippen LogP contribution >= 0.6 is 0 Å². The molecule has 1 aliphatic rings. The normalized spacial score (nSPS) is 13.8. The van der Waals surface area contributed by atoms with Gasteiger partial charge in [0, 0.05) is 24.7 Å². The minimum atomic E-state index is -4.99. The SMILES string of the molecule is CC(C)N1C(=O)c2ccc(C(=O)NCCNC(=O)C(F)(F)F)cc2C1=O. The predicted molar refractivity (Wildman–Crippen MR) is 83.5 cm³/mol. The molecule has 140 valence electrons. The summed E-state index contributed by atoms with van der Waals surface area (Å²) >= 11 is 0. The number of halogens is 3. The zero-order chi connectivity index (χ0) is 19.6. The number of amides is 4. The quantitative estimate of drug-likeness (QED) is 0.599. The lowest BCUT2D eigenvalue weighted by Gasteiger charge is -2.17. The molecule has 0 bridgehead atoms. The lowest BCUT2D eigenvalue weighted by molar-refractivity contribution is -0.173. The number of carbonyl (C=O) groups excluding carboxylic acids is 4. The van der Waals surface area contributed by atoms with Gasteiger partial charge in [0.25, 0.3) is 17.7 Å². The average molecular weight is 371 g/mol. The summed E-state index contributed by atoms with van der Waals surface area (Å²) in [6, 6.07) is 3.63. The molecule has 0 fully saturated rings. The average Bonchev–Trinajstić information content (AvgIpc) is 2.81. The number of nitrogens with one attached hydrogen (secondary N) is 2. The third-order valence-corrected chi connectivity index (χ3v) is 3.65. The van der Waals surface area contributed by atoms with Gasteiger partial charge in [0.1, 0.15) is 0 Å². The Kier molecular flexibility index (Phi) is 5.33. The highest BCUT2D eigenvalue weighted by Gasteiger charge is 2.38. The fourth-order valence-corrected chi connectivity index (χ4v) is 2.42. The molecule has 7 nitrogen and oxygen atoms in total. The molecule has 1 aromatic carbocycles. The van der Waals surface area contributed by atoms with E-state index < -0.39 is 36.3 Å². The minimum Gasteiger partial charge on any atom is -0.350 e. The fourth-order valence-electron chi connectivity index (χ4n) is 2.42. The standard InChI is InChI=1S/C16H16F3N3O4/c1-8(2)22-13(24)10-4-3-9(7-11(10)14(22)25)12(23)20-5-6-21-15(26)16(17,18)19/h3-4,7-8H,5-6H2,1-2H3,(H,20,23)(H,21,26). The number of carbonyl (C=O) groups is 4. The number of alkyl halides is 3. The van der Waals surface area contributed by atoms with Crippen LogP contribution in [0.2, 0.25) is 0 Å². The smallest absolute Gasteiger partial charge is 0.350 e. The van der Waals surface area contributed by atoms with E-state index in [0.29, 0.717) is 0 Å². The molecule has 4 amide bonds. The van der Waals surface area contributed by atoms with Crippen LogP contribution in [0.1, 0.15) is 44.9 Å². The number of nitrogens with zero attached hydrogens (tertiary/aromatic N) is 1. The van der Waals surface area contributed by atoms with E-state index in [1.165, 1.54) is 18.2 Å². The molecule has 0 saturated carbocycles. The van der Waals surface area contributed by atoms with Crippen LogP contribution in [0.15, 0.2) is 18.2 Å². The summed E-state index contributed by atoms with van der Waals surface area (Å²) in [5.41, 5.74) is 0.372. The van der Waals surface area contributed by atoms with Crippen molar-refractivity contribution in [2.75, 3.05) is 13.1 Å². The van der Waals surface area contributed by atoms with Crippen LogP contribution < -0.4 is 10.6 Å². The second kappa shape index (κ2) is 7.14. The van der Waals surface area contributed by atoms with Gasteiger partial charge in [-0.3, -0.25) is 24.1 Å². The van der Waals surface area contributed by atoms with Crippen molar-refractivity contribution < 1.29 is 32.3 Å². The number of hydrogen-bond donors (Lipinski definition) is 2. The highest BCUT2D eigenvalue weighted by atomic mass is 19.4. The molecular formula is C16H16F3N3O4. The van der Waals surface area contributed by atoms with Crippen molar-refractivity contribution in [2.45, 2.75) is 26.1 Å². The van der Waals surface area contributed by atoms with Gasteiger partial charge < -0.3 is 10.6 Å². The van der Waals surface area contributed by atoms with E-state index >= 15 is 0 Å². The van der Waals surface area contributed by atoms with Crippen molar-refractivity contribution in [3.8, 4) is 0 Å². The molecule has 2 N–H and O–H groups in total. The molecule has 0 saturated heterocycles. The van der Waals surface area contributed by atoms with E-state index in [9.17, 15) is 32.3 Å². The first kappa shape index (κ1) is 19.4. The Balaban J connectivity index is 1.99. The molecule has 26 heavy (non-hydrogen) atoms. The molecule has 0 atom stereocenters. The van der Waals surface area contributed by atoms with Crippen LogP contribution in [0.4, 0.5) is 13.2 Å². The summed E-state index contributed by atoms with van der Waals surface area (Å²) in [5.74, 6) is -3.69. The zero-order valence-electron chi connectivity index (χ0n) is 13.9. The van der Waals surface area contributed by atoms with Gasteiger partial charge in [-0.25, -0.2) is 0 Å². The summed E-state index contributed by atoms with van der Waals surface area (Å²) in [5, 5.41) is 3.94. The van der Waals surface area contributed by atoms with Gasteiger partial charge in [0.15, 0.2) is 0 Å². The second-order valence-corrected chi connectivity index (χ2v) is 5.84. The Morgan fingerprint density at radius 2 is 1.62 bits per heavy atom. The summed E-state index contributed by atoms with van der Waals surface area (Å²) in [4.78, 5) is 48.2. The van der Waals surface area contributed by atoms with Crippen LogP contribution in [0.5, 0.6) is 0 Å². The summed E-state index contributed by atoms with van der Waals surface area (Å²) < 4.78 is 36.1. The van der Waals surface area contributed by atoms with E-state index in [-0.39, 0.29) is 29.3 Å². The molecule has 2 rings (SSSR count). The van der Waals surface area contributed by atoms with Gasteiger partial charge in [-0.2, -0.15) is 13.2 Å². The van der Waals surface area contributed by atoms with Crippen LogP contribution in [0, 0.1) is 0 Å². The van der Waals surface area contributed by atoms with Crippen LogP contribution in [-0.4, -0.2) is 53.8 Å². The van der Waals surface area contributed by atoms with Crippen molar-refractivity contribution >= 4 is 23.6 Å². The van der Waals surface area contributed by atoms with E-state index in [4.69, 9.17) is 0 Å². The van der Waals surface area contributed by atoms with Crippen molar-refractivity contribution in [3.63, 3.8) is 0 Å². The highest BCUT2D eigenvalue weighted by Crippen LogP contribution is 2.25. The third kappa shape index (κ3) is 3.84. The number of fused-ring (bicyclic) bond motifs is 1. The molecule has 0 unspecified atom stereocenters. The first-order chi connectivity index (χ1) is 12.0. The van der Waals surface area contributed by atoms with Crippen molar-refractivity contribution in [1.82, 2.24) is 15.5 Å². The van der Waals surface area contributed by atoms with Gasteiger partial charge in [-0.05, 0) is 32.0 Å². The number of imide groups is 1. The van der Waals surface area contributed by atoms with Crippen LogP contribution in [0.25, 0.3) is 0 Å². The first-order valence-electron chi connectivity index (χ1n) is 7.69. The third-order valence-electron chi connectivity index (χ3n) is 3.65. The monoisotopic (exact) mass is 371 g/mol. The van der Waals surface area contributed by atoms with Gasteiger partial charge in [-0.1, -0.05) is 0 Å². The van der Waals surface area contributed by atoms with E-state index in [0.717, 1.165) is 4.90 Å². The van der Waals surface area contributed by atoms with Crippen LogP contribution in [0.3, 0.4) is 0 Å². The maximum atomic E-state index is 12.3. The number of benzene rings is 1. The molecule has 0 aliphatic carbocycles. The Bertz CT molecular complexity index is 774. The molecular weight excluding hydrogens is 355 g/mol. The Morgan fingerprint density at radius 3 is 2.19 bits per heavy atom. The Hall–Kier alpha value is -2.91. The van der Waals surface area contributed by atoms with Crippen molar-refractivity contribution in [1.29, 1.82) is 0 Å². The summed E-state index contributed by atoms with van der Waals surface area (Å²) in [6.07, 6.45) is -4.99. The van der Waals surface area contributed by atoms with E-state index in [1.807, 2.05) is 0 Å². The van der Waals surface area contributed by atoms with Crippen LogP contribution in [-0.2, 0) is 4.79 Å². The van der Waals surface area contributed by atoms with Gasteiger partial charge in [0.05, 0.1) is 11.1 Å². The largest absolute Gasteiger partial charge is 0.471 e.